The topological polar surface area (TPSA) is 54.4 Å². The van der Waals surface area contributed by atoms with E-state index in [1.54, 1.807) is 30.3 Å². The van der Waals surface area contributed by atoms with Gasteiger partial charge in [-0.05, 0) is 5.56 Å². The Labute approximate surface area is 94.6 Å². The van der Waals surface area contributed by atoms with Crippen LogP contribution in [0.2, 0.25) is 0 Å². The summed E-state index contributed by atoms with van der Waals surface area (Å²) in [5.41, 5.74) is 0.509. The van der Waals surface area contributed by atoms with Gasteiger partial charge in [0, 0.05) is 5.75 Å². The highest BCUT2D eigenvalue weighted by molar-refractivity contribution is 7.93. The fourth-order valence-corrected chi connectivity index (χ4v) is 2.55. The molecule has 1 aromatic rings. The second-order valence-electron chi connectivity index (χ2n) is 3.16. The summed E-state index contributed by atoms with van der Waals surface area (Å²) >= 11 is 5.72. The van der Waals surface area contributed by atoms with Crippen molar-refractivity contribution in [1.29, 1.82) is 0 Å². The van der Waals surface area contributed by atoms with Gasteiger partial charge in [0.2, 0.25) is 0 Å². The number of sulfone groups is 1. The summed E-state index contributed by atoms with van der Waals surface area (Å²) < 4.78 is 21.6. The van der Waals surface area contributed by atoms with Crippen molar-refractivity contribution in [2.45, 2.75) is 17.7 Å². The molecule has 0 bridgehead atoms. The fraction of sp³-hybridized carbons (Fsp3) is 0.400. The predicted octanol–water partition coefficient (Wildman–Crippen LogP) is 1.72. The normalized spacial score (nSPS) is 15.9. The Morgan fingerprint density at radius 3 is 2.33 bits per heavy atom. The summed E-state index contributed by atoms with van der Waals surface area (Å²) in [5, 5.41) is 9.74. The quantitative estimate of drug-likeness (QED) is 0.826. The molecule has 0 aromatic heterocycles. The van der Waals surface area contributed by atoms with Gasteiger partial charge < -0.3 is 5.11 Å². The fourth-order valence-electron chi connectivity index (χ4n) is 1.16. The van der Waals surface area contributed by atoms with Gasteiger partial charge in [-0.2, -0.15) is 0 Å². The second kappa shape index (κ2) is 4.96. The zero-order valence-electron chi connectivity index (χ0n) is 8.30. The van der Waals surface area contributed by atoms with Crippen molar-refractivity contribution in [1.82, 2.24) is 0 Å². The van der Waals surface area contributed by atoms with E-state index < -0.39 is 20.7 Å². The van der Waals surface area contributed by atoms with E-state index in [-0.39, 0.29) is 5.75 Å². The number of halogens is 1. The van der Waals surface area contributed by atoms with E-state index in [9.17, 15) is 13.5 Å². The maximum Gasteiger partial charge on any atom is 0.169 e. The molecule has 2 atom stereocenters. The smallest absolute Gasteiger partial charge is 0.169 e. The zero-order chi connectivity index (χ0) is 11.5. The molecule has 0 spiro atoms. The van der Waals surface area contributed by atoms with Gasteiger partial charge in [-0.15, -0.1) is 11.6 Å². The summed E-state index contributed by atoms with van der Waals surface area (Å²) in [6, 6.07) is 8.52. The lowest BCUT2D eigenvalue weighted by Crippen LogP contribution is -2.24. The number of rotatable bonds is 4. The lowest BCUT2D eigenvalue weighted by molar-refractivity contribution is 0.191. The molecule has 0 radical (unpaired) electrons. The standard InChI is InChI=1S/C10H13ClO3S/c1-2-15(13,14)10(11)9(12)8-6-4-3-5-7-8/h3-7,9-10,12H,2H2,1H3/t9-,10-/m0/s1. The Hall–Kier alpha value is -0.580. The van der Waals surface area contributed by atoms with E-state index in [4.69, 9.17) is 11.6 Å². The molecule has 1 rings (SSSR count). The monoisotopic (exact) mass is 248 g/mol. The Kier molecular flexibility index (Phi) is 4.13. The first-order chi connectivity index (χ1) is 6.99. The first-order valence-electron chi connectivity index (χ1n) is 4.57. The number of aliphatic hydroxyl groups excluding tert-OH is 1. The van der Waals surface area contributed by atoms with Gasteiger partial charge in [-0.1, -0.05) is 37.3 Å². The summed E-state index contributed by atoms with van der Waals surface area (Å²) in [5.74, 6) is -0.0783. The molecule has 84 valence electrons. The third-order valence-electron chi connectivity index (χ3n) is 2.13. The zero-order valence-corrected chi connectivity index (χ0v) is 9.87. The molecule has 3 nitrogen and oxygen atoms in total. The number of alkyl halides is 1. The van der Waals surface area contributed by atoms with Gasteiger partial charge in [0.1, 0.15) is 6.10 Å². The highest BCUT2D eigenvalue weighted by Crippen LogP contribution is 2.25. The molecule has 15 heavy (non-hydrogen) atoms. The molecular formula is C10H13ClO3S. The van der Waals surface area contributed by atoms with Crippen molar-refractivity contribution >= 4 is 21.4 Å². The molecule has 1 N–H and O–H groups in total. The van der Waals surface area contributed by atoms with Crippen LogP contribution >= 0.6 is 11.6 Å². The molecule has 0 saturated heterocycles. The first-order valence-corrected chi connectivity index (χ1v) is 6.73. The number of hydrogen-bond donors (Lipinski definition) is 1. The Morgan fingerprint density at radius 1 is 1.33 bits per heavy atom. The van der Waals surface area contributed by atoms with Crippen molar-refractivity contribution in [2.75, 3.05) is 5.75 Å². The lowest BCUT2D eigenvalue weighted by Gasteiger charge is -2.16. The third kappa shape index (κ3) is 2.93. The van der Waals surface area contributed by atoms with Gasteiger partial charge in [0.15, 0.2) is 14.5 Å². The second-order valence-corrected chi connectivity index (χ2v) is 6.30. The largest absolute Gasteiger partial charge is 0.386 e. The van der Waals surface area contributed by atoms with Crippen LogP contribution in [0.25, 0.3) is 0 Å². The molecule has 0 aliphatic carbocycles. The molecule has 0 fully saturated rings. The van der Waals surface area contributed by atoms with Crippen LogP contribution in [0.5, 0.6) is 0 Å². The number of benzene rings is 1. The van der Waals surface area contributed by atoms with Gasteiger partial charge >= 0.3 is 0 Å². The molecule has 0 unspecified atom stereocenters. The van der Waals surface area contributed by atoms with E-state index in [0.29, 0.717) is 5.56 Å². The highest BCUT2D eigenvalue weighted by Gasteiger charge is 2.29. The van der Waals surface area contributed by atoms with Crippen molar-refractivity contribution in [3.8, 4) is 0 Å². The Balaban J connectivity index is 2.92. The molecule has 0 aliphatic heterocycles. The lowest BCUT2D eigenvalue weighted by atomic mass is 10.1. The molecular weight excluding hydrogens is 236 g/mol. The molecule has 0 amide bonds. The molecule has 0 heterocycles. The first kappa shape index (κ1) is 12.5. The third-order valence-corrected chi connectivity index (χ3v) is 4.94. The minimum atomic E-state index is -3.43. The summed E-state index contributed by atoms with van der Waals surface area (Å²) in [4.78, 5) is 0. The van der Waals surface area contributed by atoms with Crippen molar-refractivity contribution in [3.05, 3.63) is 35.9 Å². The van der Waals surface area contributed by atoms with E-state index in [1.807, 2.05) is 0 Å². The SMILES string of the molecule is CCS(=O)(=O)[C@H](Cl)[C@@H](O)c1ccccc1. The molecule has 0 aliphatic rings. The van der Waals surface area contributed by atoms with Crippen LogP contribution < -0.4 is 0 Å². The number of aliphatic hydroxyl groups is 1. The Morgan fingerprint density at radius 2 is 1.87 bits per heavy atom. The average Bonchev–Trinajstić information content (AvgIpc) is 2.28. The van der Waals surface area contributed by atoms with E-state index in [1.165, 1.54) is 6.92 Å². The predicted molar refractivity (Wildman–Crippen MR) is 60.5 cm³/mol. The van der Waals surface area contributed by atoms with Crippen LogP contribution in [0.1, 0.15) is 18.6 Å². The van der Waals surface area contributed by atoms with Gasteiger partial charge in [0.05, 0.1) is 0 Å². The van der Waals surface area contributed by atoms with Crippen LogP contribution in [-0.2, 0) is 9.84 Å². The van der Waals surface area contributed by atoms with Gasteiger partial charge in [0.25, 0.3) is 0 Å². The summed E-state index contributed by atoms with van der Waals surface area (Å²) in [6.07, 6.45) is -1.18. The van der Waals surface area contributed by atoms with Crippen LogP contribution in [0.15, 0.2) is 30.3 Å². The maximum atomic E-state index is 11.4. The Bertz CT molecular complexity index is 402. The van der Waals surface area contributed by atoms with Gasteiger partial charge in [-0.3, -0.25) is 0 Å². The molecule has 5 heteroatoms. The number of hydrogen-bond acceptors (Lipinski definition) is 3. The van der Waals surface area contributed by atoms with Crippen molar-refractivity contribution in [2.24, 2.45) is 0 Å². The van der Waals surface area contributed by atoms with Crippen LogP contribution in [0, 0.1) is 0 Å². The van der Waals surface area contributed by atoms with Crippen molar-refractivity contribution in [3.63, 3.8) is 0 Å². The summed E-state index contributed by atoms with van der Waals surface area (Å²) in [6.45, 7) is 1.50. The van der Waals surface area contributed by atoms with E-state index in [0.717, 1.165) is 0 Å². The van der Waals surface area contributed by atoms with E-state index >= 15 is 0 Å². The van der Waals surface area contributed by atoms with Crippen LogP contribution in [0.3, 0.4) is 0 Å². The summed E-state index contributed by atoms with van der Waals surface area (Å²) in [7, 11) is -3.43. The van der Waals surface area contributed by atoms with Crippen LogP contribution in [-0.4, -0.2) is 24.0 Å². The van der Waals surface area contributed by atoms with E-state index in [2.05, 4.69) is 0 Å². The average molecular weight is 249 g/mol. The minimum Gasteiger partial charge on any atom is -0.386 e. The van der Waals surface area contributed by atoms with Crippen molar-refractivity contribution < 1.29 is 13.5 Å². The minimum absolute atomic E-state index is 0.0783. The van der Waals surface area contributed by atoms with Gasteiger partial charge in [-0.25, -0.2) is 8.42 Å². The molecule has 0 saturated carbocycles. The molecule has 1 aromatic carbocycles. The highest BCUT2D eigenvalue weighted by atomic mass is 35.5. The maximum absolute atomic E-state index is 11.4. The van der Waals surface area contributed by atoms with Crippen LogP contribution in [0.4, 0.5) is 0 Å².